The standard InChI is InChI=1S/C33H65N.C18H38.C2H4/c1-6-8-10-11-12-13-17-22-27-33(5)28-23-18-15-20-25-31-34(29-9-7-2)30-24-19-14-16-21-26-32(3)4;1-4-6-8-10-12-14-16-18(3)17-15-13-11-9-7-5-2;1-2/h3,5-31H2,1-2,4H3;18H,4-17H2,1-3H3;1-2H2. The molecule has 0 aliphatic carbocycles. The van der Waals surface area contributed by atoms with Crippen molar-refractivity contribution < 1.29 is 0 Å². The average Bonchev–Trinajstić information content (AvgIpc) is 3.17. The van der Waals surface area contributed by atoms with Gasteiger partial charge in [0.1, 0.15) is 0 Å². The van der Waals surface area contributed by atoms with E-state index in [2.05, 4.69) is 72.8 Å². The van der Waals surface area contributed by atoms with Crippen LogP contribution in [0.5, 0.6) is 0 Å². The van der Waals surface area contributed by atoms with E-state index in [1.54, 1.807) is 0 Å². The van der Waals surface area contributed by atoms with Crippen LogP contribution in [0.4, 0.5) is 0 Å². The highest BCUT2D eigenvalue weighted by atomic mass is 15.1. The molecule has 0 aromatic rings. The van der Waals surface area contributed by atoms with Gasteiger partial charge in [0.2, 0.25) is 0 Å². The zero-order valence-electron chi connectivity index (χ0n) is 39.1. The summed E-state index contributed by atoms with van der Waals surface area (Å²) in [5, 5.41) is 0. The van der Waals surface area contributed by atoms with Crippen molar-refractivity contribution in [3.05, 3.63) is 37.5 Å². The Bertz CT molecular complexity index is 677. The molecule has 0 N–H and O–H groups in total. The van der Waals surface area contributed by atoms with Gasteiger partial charge in [0.05, 0.1) is 0 Å². The third-order valence-corrected chi connectivity index (χ3v) is 11.4. The summed E-state index contributed by atoms with van der Waals surface area (Å²) in [4.78, 5) is 2.75. The maximum Gasteiger partial charge on any atom is -0.00187 e. The van der Waals surface area contributed by atoms with Crippen molar-refractivity contribution in [1.29, 1.82) is 0 Å². The van der Waals surface area contributed by atoms with E-state index in [9.17, 15) is 0 Å². The molecule has 1 nitrogen and oxygen atoms in total. The first-order valence-corrected chi connectivity index (χ1v) is 24.9. The lowest BCUT2D eigenvalue weighted by Gasteiger charge is -2.22. The third-order valence-electron chi connectivity index (χ3n) is 11.4. The molecular formula is C53H107N. The van der Waals surface area contributed by atoms with Gasteiger partial charge in [0.25, 0.3) is 0 Å². The number of nitrogens with zero attached hydrogens (tertiary/aromatic N) is 1. The lowest BCUT2D eigenvalue weighted by Crippen LogP contribution is -2.27. The van der Waals surface area contributed by atoms with Gasteiger partial charge in [0, 0.05) is 0 Å². The van der Waals surface area contributed by atoms with Gasteiger partial charge in [-0.3, -0.25) is 0 Å². The molecule has 0 amide bonds. The van der Waals surface area contributed by atoms with Gasteiger partial charge < -0.3 is 4.90 Å². The average molecular weight is 758 g/mol. The maximum atomic E-state index is 4.35. The van der Waals surface area contributed by atoms with Crippen molar-refractivity contribution >= 4 is 0 Å². The molecule has 0 heterocycles. The fourth-order valence-corrected chi connectivity index (χ4v) is 7.57. The highest BCUT2D eigenvalue weighted by Gasteiger charge is 2.05. The maximum absolute atomic E-state index is 4.35. The van der Waals surface area contributed by atoms with Crippen molar-refractivity contribution in [3.8, 4) is 0 Å². The van der Waals surface area contributed by atoms with Gasteiger partial charge in [-0.25, -0.2) is 0 Å². The third kappa shape index (κ3) is 53.3. The summed E-state index contributed by atoms with van der Waals surface area (Å²) in [7, 11) is 0. The van der Waals surface area contributed by atoms with Gasteiger partial charge in [-0.2, -0.15) is 0 Å². The fourth-order valence-electron chi connectivity index (χ4n) is 7.57. The normalized spacial score (nSPS) is 11.0. The van der Waals surface area contributed by atoms with Gasteiger partial charge in [-0.05, 0) is 90.3 Å². The molecule has 0 spiro atoms. The Morgan fingerprint density at radius 3 is 1.00 bits per heavy atom. The van der Waals surface area contributed by atoms with E-state index in [0.717, 1.165) is 5.92 Å². The monoisotopic (exact) mass is 758 g/mol. The van der Waals surface area contributed by atoms with E-state index in [1.165, 1.54) is 268 Å². The molecule has 1 heteroatoms. The molecule has 0 saturated carbocycles. The molecule has 0 rings (SSSR count). The second kappa shape index (κ2) is 52.2. The number of allylic oxidation sites excluding steroid dienone is 2. The molecule has 0 atom stereocenters. The Kier molecular flexibility index (Phi) is 55.6. The first-order chi connectivity index (χ1) is 26.4. The van der Waals surface area contributed by atoms with Crippen LogP contribution in [0, 0.1) is 5.92 Å². The topological polar surface area (TPSA) is 3.24 Å². The lowest BCUT2D eigenvalue weighted by molar-refractivity contribution is 0.256. The fraction of sp³-hybridized carbons (Fsp3) is 0.887. The smallest absolute Gasteiger partial charge is 0.00187 e. The van der Waals surface area contributed by atoms with Crippen molar-refractivity contribution in [3.63, 3.8) is 0 Å². The molecule has 0 aliphatic heterocycles. The molecular weight excluding hydrogens is 651 g/mol. The van der Waals surface area contributed by atoms with E-state index in [4.69, 9.17) is 0 Å². The van der Waals surface area contributed by atoms with Crippen LogP contribution in [-0.4, -0.2) is 24.5 Å². The van der Waals surface area contributed by atoms with Gasteiger partial charge in [-0.15, -0.1) is 19.7 Å². The van der Waals surface area contributed by atoms with Crippen LogP contribution in [0.2, 0.25) is 0 Å². The van der Waals surface area contributed by atoms with E-state index in [-0.39, 0.29) is 0 Å². The molecule has 0 bridgehead atoms. The molecule has 0 unspecified atom stereocenters. The zero-order chi connectivity index (χ0) is 40.6. The molecule has 54 heavy (non-hydrogen) atoms. The predicted molar refractivity (Wildman–Crippen MR) is 254 cm³/mol. The van der Waals surface area contributed by atoms with E-state index in [1.807, 2.05) is 0 Å². The minimum atomic E-state index is 0.974. The number of hydrogen-bond acceptors (Lipinski definition) is 1. The van der Waals surface area contributed by atoms with Crippen LogP contribution in [-0.2, 0) is 0 Å². The molecule has 0 aliphatic rings. The van der Waals surface area contributed by atoms with Crippen LogP contribution >= 0.6 is 0 Å². The zero-order valence-corrected chi connectivity index (χ0v) is 39.1. The second-order valence-electron chi connectivity index (χ2n) is 17.4. The summed E-state index contributed by atoms with van der Waals surface area (Å²) >= 11 is 0. The van der Waals surface area contributed by atoms with E-state index < -0.39 is 0 Å². The highest BCUT2D eigenvalue weighted by Crippen LogP contribution is 2.19. The summed E-state index contributed by atoms with van der Waals surface area (Å²) in [5.41, 5.74) is 2.85. The first kappa shape index (κ1) is 57.5. The Morgan fingerprint density at radius 1 is 0.370 bits per heavy atom. The largest absolute Gasteiger partial charge is 0.303 e. The minimum absolute atomic E-state index is 0.974. The molecule has 324 valence electrons. The number of rotatable bonds is 42. The van der Waals surface area contributed by atoms with E-state index in [0.29, 0.717) is 0 Å². The summed E-state index contributed by atoms with van der Waals surface area (Å²) < 4.78 is 0. The molecule has 0 radical (unpaired) electrons. The highest BCUT2D eigenvalue weighted by molar-refractivity contribution is 4.93. The van der Waals surface area contributed by atoms with Crippen molar-refractivity contribution in [1.82, 2.24) is 4.90 Å². The predicted octanol–water partition coefficient (Wildman–Crippen LogP) is 19.4. The van der Waals surface area contributed by atoms with Crippen LogP contribution in [0.3, 0.4) is 0 Å². The Labute approximate surface area is 345 Å². The second-order valence-corrected chi connectivity index (χ2v) is 17.4. The van der Waals surface area contributed by atoms with Crippen molar-refractivity contribution in [2.24, 2.45) is 5.92 Å². The molecule has 0 fully saturated rings. The van der Waals surface area contributed by atoms with E-state index >= 15 is 0 Å². The minimum Gasteiger partial charge on any atom is -0.303 e. The SMILES string of the molecule is C=C.C=C(C)CCCCCCCN(CCCC)CCCCCCCC(=C)CCCCCCCCCC.CCCCCCCCC(C)CCCCCCCC. The van der Waals surface area contributed by atoms with Crippen molar-refractivity contribution in [2.75, 3.05) is 19.6 Å². The Balaban J connectivity index is -0.00000109. The quantitative estimate of drug-likeness (QED) is 0.0443. The first-order valence-electron chi connectivity index (χ1n) is 24.9. The van der Waals surface area contributed by atoms with Gasteiger partial charge in [-0.1, -0.05) is 232 Å². The van der Waals surface area contributed by atoms with Crippen LogP contribution in [0.1, 0.15) is 279 Å². The summed E-state index contributed by atoms with van der Waals surface area (Å²) in [6.07, 6.45) is 52.0. The van der Waals surface area contributed by atoms with Crippen LogP contribution in [0.25, 0.3) is 0 Å². The summed E-state index contributed by atoms with van der Waals surface area (Å²) in [5.74, 6) is 0.974. The number of hydrogen-bond donors (Lipinski definition) is 0. The summed E-state index contributed by atoms with van der Waals surface area (Å²) in [6.45, 7) is 32.1. The Morgan fingerprint density at radius 2 is 0.648 bits per heavy atom. The van der Waals surface area contributed by atoms with Gasteiger partial charge in [0.15, 0.2) is 0 Å². The summed E-state index contributed by atoms with van der Waals surface area (Å²) in [6, 6.07) is 0. The lowest BCUT2D eigenvalue weighted by atomic mass is 9.96. The Hall–Kier alpha value is -0.820. The molecule has 0 saturated heterocycles. The van der Waals surface area contributed by atoms with Crippen LogP contribution in [0.15, 0.2) is 37.5 Å². The molecule has 0 aromatic heterocycles. The van der Waals surface area contributed by atoms with Crippen molar-refractivity contribution in [2.45, 2.75) is 279 Å². The number of unbranched alkanes of at least 4 members (excludes halogenated alkanes) is 26. The molecule has 0 aromatic carbocycles. The van der Waals surface area contributed by atoms with Crippen LogP contribution < -0.4 is 0 Å². The van der Waals surface area contributed by atoms with Gasteiger partial charge >= 0.3 is 0 Å².